The third-order valence-corrected chi connectivity index (χ3v) is 3.85. The number of nitro groups is 1. The SMILES string of the molecule is N#[N+]c1ccc(C#Cc2ccc(C#Cc3ccc([N+]#N)cc3)c([N+](=O)[O-])c2)cc1. The highest BCUT2D eigenvalue weighted by Crippen LogP contribution is 2.20. The van der Waals surface area contributed by atoms with Crippen LogP contribution in [0.4, 0.5) is 17.1 Å². The van der Waals surface area contributed by atoms with Crippen LogP contribution in [0.2, 0.25) is 0 Å². The summed E-state index contributed by atoms with van der Waals surface area (Å²) in [5.41, 5.74) is 2.73. The molecule has 0 aliphatic rings. The van der Waals surface area contributed by atoms with Gasteiger partial charge in [0.25, 0.3) is 5.69 Å². The van der Waals surface area contributed by atoms with E-state index in [2.05, 4.69) is 33.6 Å². The van der Waals surface area contributed by atoms with Crippen LogP contribution in [0, 0.1) is 44.6 Å². The first-order valence-electron chi connectivity index (χ1n) is 8.32. The molecule has 0 aliphatic carbocycles. The molecular formula is C22H11N5O2+2. The van der Waals surface area contributed by atoms with Crippen LogP contribution in [0.1, 0.15) is 22.3 Å². The van der Waals surface area contributed by atoms with Gasteiger partial charge < -0.3 is 0 Å². The molecule has 0 aliphatic heterocycles. The van der Waals surface area contributed by atoms with Crippen LogP contribution < -0.4 is 0 Å². The quantitative estimate of drug-likeness (QED) is 0.246. The fraction of sp³-hybridized carbons (Fsp3) is 0. The first-order chi connectivity index (χ1) is 14.1. The molecule has 7 nitrogen and oxygen atoms in total. The molecule has 0 atom stereocenters. The van der Waals surface area contributed by atoms with Crippen molar-refractivity contribution in [2.24, 2.45) is 0 Å². The second kappa shape index (κ2) is 8.60. The normalized spacial score (nSPS) is 9.03. The first kappa shape index (κ1) is 18.8. The number of hydrogen-bond acceptors (Lipinski definition) is 4. The van der Waals surface area contributed by atoms with Gasteiger partial charge in [-0.05, 0) is 36.4 Å². The van der Waals surface area contributed by atoms with Gasteiger partial charge in [-0.15, -0.1) is 0 Å². The van der Waals surface area contributed by atoms with Crippen molar-refractivity contribution >= 4 is 17.1 Å². The van der Waals surface area contributed by atoms with Crippen molar-refractivity contribution in [2.45, 2.75) is 0 Å². The van der Waals surface area contributed by atoms with Crippen LogP contribution in [-0.4, -0.2) is 4.92 Å². The first-order valence-corrected chi connectivity index (χ1v) is 8.32. The van der Waals surface area contributed by atoms with E-state index in [1.807, 2.05) is 0 Å². The maximum absolute atomic E-state index is 11.4. The topological polar surface area (TPSA) is 99.4 Å². The van der Waals surface area contributed by atoms with E-state index in [1.165, 1.54) is 6.07 Å². The molecule has 29 heavy (non-hydrogen) atoms. The van der Waals surface area contributed by atoms with Gasteiger partial charge >= 0.3 is 11.4 Å². The largest absolute Gasteiger partial charge is 0.385 e. The van der Waals surface area contributed by atoms with Crippen LogP contribution in [0.25, 0.3) is 9.95 Å². The second-order valence-corrected chi connectivity index (χ2v) is 5.78. The predicted octanol–water partition coefficient (Wildman–Crippen LogP) is 5.36. The highest BCUT2D eigenvalue weighted by atomic mass is 16.6. The van der Waals surface area contributed by atoms with Crippen molar-refractivity contribution in [2.75, 3.05) is 0 Å². The fourth-order valence-electron chi connectivity index (χ4n) is 2.37. The molecule has 0 amide bonds. The number of hydrogen-bond donors (Lipinski definition) is 0. The van der Waals surface area contributed by atoms with Crippen molar-refractivity contribution in [1.29, 1.82) is 10.8 Å². The minimum Gasteiger partial charge on any atom is -0.258 e. The summed E-state index contributed by atoms with van der Waals surface area (Å²) in [5.74, 6) is 11.4. The molecule has 0 saturated carbocycles. The third-order valence-electron chi connectivity index (χ3n) is 3.85. The molecule has 3 aromatic rings. The van der Waals surface area contributed by atoms with Crippen LogP contribution in [0.15, 0.2) is 66.7 Å². The van der Waals surface area contributed by atoms with Gasteiger partial charge in [0.2, 0.25) is 10.8 Å². The second-order valence-electron chi connectivity index (χ2n) is 5.78. The Morgan fingerprint density at radius 3 is 1.62 bits per heavy atom. The van der Waals surface area contributed by atoms with Crippen LogP contribution in [0.3, 0.4) is 0 Å². The molecule has 0 aromatic heterocycles. The van der Waals surface area contributed by atoms with E-state index in [9.17, 15) is 10.1 Å². The van der Waals surface area contributed by atoms with Gasteiger partial charge in [-0.3, -0.25) is 10.1 Å². The average Bonchev–Trinajstić information content (AvgIpc) is 2.77. The van der Waals surface area contributed by atoms with Crippen LogP contribution in [0.5, 0.6) is 0 Å². The monoisotopic (exact) mass is 377 g/mol. The van der Waals surface area contributed by atoms with E-state index >= 15 is 0 Å². The van der Waals surface area contributed by atoms with E-state index in [1.54, 1.807) is 60.7 Å². The molecule has 0 heterocycles. The van der Waals surface area contributed by atoms with Gasteiger partial charge in [0.15, 0.2) is 9.95 Å². The number of rotatable bonds is 1. The lowest BCUT2D eigenvalue weighted by molar-refractivity contribution is -0.385. The molecule has 0 spiro atoms. The summed E-state index contributed by atoms with van der Waals surface area (Å²) < 4.78 is 0. The smallest absolute Gasteiger partial charge is 0.258 e. The Bertz CT molecular complexity index is 1290. The zero-order valence-corrected chi connectivity index (χ0v) is 14.9. The highest BCUT2D eigenvalue weighted by molar-refractivity contribution is 5.59. The molecule has 134 valence electrons. The number of nitro benzene ring substituents is 1. The summed E-state index contributed by atoms with van der Waals surface area (Å²) >= 11 is 0. The summed E-state index contributed by atoms with van der Waals surface area (Å²) in [7, 11) is 0. The highest BCUT2D eigenvalue weighted by Gasteiger charge is 2.12. The molecule has 3 aromatic carbocycles. The van der Waals surface area contributed by atoms with E-state index in [4.69, 9.17) is 10.8 Å². The van der Waals surface area contributed by atoms with Crippen molar-refractivity contribution in [3.8, 4) is 23.7 Å². The number of benzene rings is 3. The lowest BCUT2D eigenvalue weighted by Crippen LogP contribution is -1.93. The van der Waals surface area contributed by atoms with Crippen LogP contribution >= 0.6 is 0 Å². The Morgan fingerprint density at radius 2 is 1.14 bits per heavy atom. The van der Waals surface area contributed by atoms with Gasteiger partial charge in [0.05, 0.1) is 4.92 Å². The van der Waals surface area contributed by atoms with Crippen molar-refractivity contribution in [1.82, 2.24) is 0 Å². The van der Waals surface area contributed by atoms with Gasteiger partial charge in [-0.2, -0.15) is 0 Å². The molecule has 3 rings (SSSR count). The Hall–Kier alpha value is -4.98. The Labute approximate surface area is 166 Å². The maximum atomic E-state index is 11.4. The van der Waals surface area contributed by atoms with E-state index in [0.29, 0.717) is 28.1 Å². The number of nitrogens with zero attached hydrogens (tertiary/aromatic N) is 5. The minimum atomic E-state index is -0.500. The van der Waals surface area contributed by atoms with Gasteiger partial charge in [-0.1, -0.05) is 23.7 Å². The lowest BCUT2D eigenvalue weighted by atomic mass is 10.1. The van der Waals surface area contributed by atoms with Crippen molar-refractivity contribution < 1.29 is 4.92 Å². The van der Waals surface area contributed by atoms with Crippen molar-refractivity contribution in [3.05, 3.63) is 109 Å². The summed E-state index contributed by atoms with van der Waals surface area (Å²) in [4.78, 5) is 17.1. The molecule has 0 fully saturated rings. The summed E-state index contributed by atoms with van der Waals surface area (Å²) in [6.07, 6.45) is 0. The average molecular weight is 377 g/mol. The molecule has 0 unspecified atom stereocenters. The molecule has 0 saturated heterocycles. The zero-order chi connectivity index (χ0) is 20.6. The lowest BCUT2D eigenvalue weighted by Gasteiger charge is -1.97. The standard InChI is InChI=1S/C22H11N5O2/c23-25-20-11-5-16(6-12-20)1-2-18-4-10-19(22(15-18)27(28)29)9-3-17-7-13-21(26-24)14-8-17/h4-8,10-15H/q+2. The fourth-order valence-corrected chi connectivity index (χ4v) is 2.37. The minimum absolute atomic E-state index is 0.138. The van der Waals surface area contributed by atoms with Crippen molar-refractivity contribution in [3.63, 3.8) is 0 Å². The Morgan fingerprint density at radius 1 is 0.690 bits per heavy atom. The van der Waals surface area contributed by atoms with Gasteiger partial charge in [-0.25, -0.2) is 0 Å². The van der Waals surface area contributed by atoms with Crippen LogP contribution in [-0.2, 0) is 0 Å². The maximum Gasteiger partial charge on any atom is 0.385 e. The van der Waals surface area contributed by atoms with Gasteiger partial charge in [0, 0.05) is 47.0 Å². The van der Waals surface area contributed by atoms with Gasteiger partial charge in [0.1, 0.15) is 5.56 Å². The number of diazo groups is 2. The molecule has 0 N–H and O–H groups in total. The van der Waals surface area contributed by atoms with E-state index in [0.717, 1.165) is 0 Å². The van der Waals surface area contributed by atoms with E-state index in [-0.39, 0.29) is 11.3 Å². The Balaban J connectivity index is 1.89. The molecule has 0 radical (unpaired) electrons. The third kappa shape index (κ3) is 4.80. The summed E-state index contributed by atoms with van der Waals surface area (Å²) in [6.45, 7) is 0. The zero-order valence-electron chi connectivity index (χ0n) is 14.9. The molecule has 0 bridgehead atoms. The predicted molar refractivity (Wildman–Crippen MR) is 107 cm³/mol. The summed E-state index contributed by atoms with van der Waals surface area (Å²) in [6, 6.07) is 17.6. The molecular weight excluding hydrogens is 366 g/mol. The molecule has 7 heteroatoms. The summed E-state index contributed by atoms with van der Waals surface area (Å²) in [5, 5.41) is 28.8. The van der Waals surface area contributed by atoms with E-state index < -0.39 is 4.92 Å². The Kier molecular flexibility index (Phi) is 5.58.